The predicted octanol–water partition coefficient (Wildman–Crippen LogP) is 6.05. The molecule has 0 aromatic heterocycles. The lowest BCUT2D eigenvalue weighted by Crippen LogP contribution is -1.94. The molecule has 0 nitrogen and oxygen atoms in total. The van der Waals surface area contributed by atoms with Crippen molar-refractivity contribution in [3.8, 4) is 12.3 Å². The molecular formula is C17H32S. The highest BCUT2D eigenvalue weighted by molar-refractivity contribution is 7.99. The van der Waals surface area contributed by atoms with Gasteiger partial charge in [0.05, 0.1) is 0 Å². The largest absolute Gasteiger partial charge is 0.162 e. The molecule has 1 atom stereocenters. The van der Waals surface area contributed by atoms with Gasteiger partial charge >= 0.3 is 0 Å². The van der Waals surface area contributed by atoms with Crippen LogP contribution >= 0.6 is 11.8 Å². The van der Waals surface area contributed by atoms with E-state index in [2.05, 4.69) is 19.1 Å². The van der Waals surface area contributed by atoms with Gasteiger partial charge in [0, 0.05) is 11.7 Å². The zero-order valence-corrected chi connectivity index (χ0v) is 13.4. The van der Waals surface area contributed by atoms with Gasteiger partial charge in [-0.2, -0.15) is 11.8 Å². The molecule has 0 N–H and O–H groups in total. The van der Waals surface area contributed by atoms with Crippen molar-refractivity contribution in [1.82, 2.24) is 0 Å². The van der Waals surface area contributed by atoms with Crippen molar-refractivity contribution in [2.24, 2.45) is 0 Å². The molecule has 0 fully saturated rings. The number of hydrogen-bond acceptors (Lipinski definition) is 1. The van der Waals surface area contributed by atoms with Crippen LogP contribution in [0.1, 0.15) is 84.0 Å². The van der Waals surface area contributed by atoms with Gasteiger partial charge in [0.2, 0.25) is 0 Å². The first-order valence-electron chi connectivity index (χ1n) is 7.77. The minimum Gasteiger partial charge on any atom is -0.162 e. The Morgan fingerprint density at radius 3 is 1.72 bits per heavy atom. The molecule has 1 unspecified atom stereocenters. The highest BCUT2D eigenvalue weighted by atomic mass is 32.2. The number of terminal acetylenes is 1. The smallest absolute Gasteiger partial charge is 0.00860 e. The fourth-order valence-electron chi connectivity index (χ4n) is 2.19. The molecule has 0 radical (unpaired) electrons. The second-order valence-electron chi connectivity index (χ2n) is 5.32. The Morgan fingerprint density at radius 2 is 1.28 bits per heavy atom. The molecular weight excluding hydrogens is 236 g/mol. The van der Waals surface area contributed by atoms with Gasteiger partial charge in [-0.05, 0) is 19.1 Å². The molecule has 0 aliphatic heterocycles. The molecule has 0 rings (SSSR count). The van der Waals surface area contributed by atoms with Crippen LogP contribution in [-0.2, 0) is 0 Å². The molecule has 0 aromatic rings. The highest BCUT2D eigenvalue weighted by Gasteiger charge is 1.98. The van der Waals surface area contributed by atoms with E-state index in [-0.39, 0.29) is 0 Å². The standard InChI is InChI=1S/C17H32S/c1-4-5-6-7-8-9-10-11-12-13-14-15-16-17(2)18-3/h1,17H,5-16H2,2-3H3. The Labute approximate surface area is 120 Å². The molecule has 0 aliphatic carbocycles. The normalized spacial score (nSPS) is 12.3. The minimum atomic E-state index is 0.855. The first-order valence-corrected chi connectivity index (χ1v) is 9.06. The molecule has 0 saturated carbocycles. The Hall–Kier alpha value is -0.0900. The third-order valence-electron chi connectivity index (χ3n) is 3.58. The summed E-state index contributed by atoms with van der Waals surface area (Å²) in [4.78, 5) is 0. The average Bonchev–Trinajstić information content (AvgIpc) is 2.39. The van der Waals surface area contributed by atoms with Gasteiger partial charge in [0.25, 0.3) is 0 Å². The number of thioether (sulfide) groups is 1. The summed E-state index contributed by atoms with van der Waals surface area (Å²) in [7, 11) is 0. The van der Waals surface area contributed by atoms with Crippen LogP contribution in [0.5, 0.6) is 0 Å². The third-order valence-corrected chi connectivity index (χ3v) is 4.62. The van der Waals surface area contributed by atoms with Crippen LogP contribution in [-0.4, -0.2) is 11.5 Å². The SMILES string of the molecule is C#CCCCCCCCCCCCCC(C)SC. The van der Waals surface area contributed by atoms with Crippen LogP contribution in [0.25, 0.3) is 0 Å². The Morgan fingerprint density at radius 1 is 0.833 bits per heavy atom. The van der Waals surface area contributed by atoms with E-state index in [1.54, 1.807) is 0 Å². The second-order valence-corrected chi connectivity index (χ2v) is 6.60. The molecule has 0 heterocycles. The molecule has 18 heavy (non-hydrogen) atoms. The van der Waals surface area contributed by atoms with E-state index in [9.17, 15) is 0 Å². The minimum absolute atomic E-state index is 0.855. The fraction of sp³-hybridized carbons (Fsp3) is 0.882. The van der Waals surface area contributed by atoms with E-state index < -0.39 is 0 Å². The van der Waals surface area contributed by atoms with Crippen molar-refractivity contribution in [1.29, 1.82) is 0 Å². The van der Waals surface area contributed by atoms with E-state index in [4.69, 9.17) is 6.42 Å². The Bertz CT molecular complexity index is 192. The summed E-state index contributed by atoms with van der Waals surface area (Å²) in [5.41, 5.74) is 0. The first kappa shape index (κ1) is 17.9. The fourth-order valence-corrected chi connectivity index (χ4v) is 2.59. The van der Waals surface area contributed by atoms with E-state index >= 15 is 0 Å². The Balaban J connectivity index is 2.97. The number of unbranched alkanes of at least 4 members (excludes halogenated alkanes) is 10. The van der Waals surface area contributed by atoms with Crippen LogP contribution in [0, 0.1) is 12.3 Å². The zero-order chi connectivity index (χ0) is 13.5. The van der Waals surface area contributed by atoms with Crippen molar-refractivity contribution in [2.45, 2.75) is 89.2 Å². The summed E-state index contributed by atoms with van der Waals surface area (Å²) in [6.07, 6.45) is 23.8. The van der Waals surface area contributed by atoms with Gasteiger partial charge in [-0.3, -0.25) is 0 Å². The van der Waals surface area contributed by atoms with Gasteiger partial charge < -0.3 is 0 Å². The average molecular weight is 269 g/mol. The topological polar surface area (TPSA) is 0 Å². The third kappa shape index (κ3) is 14.0. The summed E-state index contributed by atoms with van der Waals surface area (Å²) < 4.78 is 0. The summed E-state index contributed by atoms with van der Waals surface area (Å²) in [6.45, 7) is 2.34. The predicted molar refractivity (Wildman–Crippen MR) is 87.2 cm³/mol. The lowest BCUT2D eigenvalue weighted by atomic mass is 10.0. The van der Waals surface area contributed by atoms with Crippen LogP contribution in [0.2, 0.25) is 0 Å². The molecule has 0 bridgehead atoms. The molecule has 0 saturated heterocycles. The molecule has 0 aliphatic rings. The summed E-state index contributed by atoms with van der Waals surface area (Å²) >= 11 is 2.00. The van der Waals surface area contributed by atoms with E-state index in [1.807, 2.05) is 11.8 Å². The van der Waals surface area contributed by atoms with E-state index in [1.165, 1.54) is 70.6 Å². The van der Waals surface area contributed by atoms with Gasteiger partial charge in [0.1, 0.15) is 0 Å². The van der Waals surface area contributed by atoms with Crippen LogP contribution < -0.4 is 0 Å². The van der Waals surface area contributed by atoms with Crippen molar-refractivity contribution in [3.63, 3.8) is 0 Å². The number of rotatable bonds is 13. The highest BCUT2D eigenvalue weighted by Crippen LogP contribution is 2.16. The van der Waals surface area contributed by atoms with Crippen molar-refractivity contribution < 1.29 is 0 Å². The van der Waals surface area contributed by atoms with E-state index in [0.29, 0.717) is 0 Å². The quantitative estimate of drug-likeness (QED) is 0.289. The van der Waals surface area contributed by atoms with Gasteiger partial charge in [-0.15, -0.1) is 12.3 Å². The zero-order valence-electron chi connectivity index (χ0n) is 12.5. The lowest BCUT2D eigenvalue weighted by Gasteiger charge is -2.07. The summed E-state index contributed by atoms with van der Waals surface area (Å²) in [6, 6.07) is 0. The van der Waals surface area contributed by atoms with Crippen molar-refractivity contribution >= 4 is 11.8 Å². The van der Waals surface area contributed by atoms with Crippen molar-refractivity contribution in [2.75, 3.05) is 6.26 Å². The maximum absolute atomic E-state index is 5.23. The van der Waals surface area contributed by atoms with Crippen LogP contribution in [0.3, 0.4) is 0 Å². The van der Waals surface area contributed by atoms with Crippen LogP contribution in [0.4, 0.5) is 0 Å². The van der Waals surface area contributed by atoms with Gasteiger partial charge in [-0.25, -0.2) is 0 Å². The molecule has 1 heteroatoms. The molecule has 106 valence electrons. The van der Waals surface area contributed by atoms with Crippen LogP contribution in [0.15, 0.2) is 0 Å². The first-order chi connectivity index (χ1) is 8.81. The number of hydrogen-bond donors (Lipinski definition) is 0. The van der Waals surface area contributed by atoms with Gasteiger partial charge in [-0.1, -0.05) is 64.7 Å². The summed E-state index contributed by atoms with van der Waals surface area (Å²) in [5, 5.41) is 0.855. The monoisotopic (exact) mass is 268 g/mol. The second kappa shape index (κ2) is 15.0. The maximum atomic E-state index is 5.23. The van der Waals surface area contributed by atoms with Crippen molar-refractivity contribution in [3.05, 3.63) is 0 Å². The van der Waals surface area contributed by atoms with E-state index in [0.717, 1.165) is 11.7 Å². The lowest BCUT2D eigenvalue weighted by molar-refractivity contribution is 0.547. The molecule has 0 spiro atoms. The molecule has 0 amide bonds. The summed E-state index contributed by atoms with van der Waals surface area (Å²) in [5.74, 6) is 2.71. The molecule has 0 aromatic carbocycles. The Kier molecular flexibility index (Phi) is 14.9. The maximum Gasteiger partial charge on any atom is 0.00860 e. The van der Waals surface area contributed by atoms with Gasteiger partial charge in [0.15, 0.2) is 0 Å².